The summed E-state index contributed by atoms with van der Waals surface area (Å²) in [6, 6.07) is 20.4. The molecule has 7 aromatic rings. The molecule has 9 aliphatic heterocycles. The highest BCUT2D eigenvalue weighted by Gasteiger charge is 2.59. The van der Waals surface area contributed by atoms with Gasteiger partial charge in [0.15, 0.2) is 34.7 Å². The molecule has 27 nitrogen and oxygen atoms in total. The van der Waals surface area contributed by atoms with E-state index in [1.165, 1.54) is 94.3 Å². The van der Waals surface area contributed by atoms with Crippen molar-refractivity contribution in [3.8, 4) is 41.9 Å². The van der Waals surface area contributed by atoms with E-state index >= 15 is 0 Å². The van der Waals surface area contributed by atoms with Crippen molar-refractivity contribution in [2.24, 2.45) is 0 Å². The number of aromatic nitrogens is 3. The molecule has 3 amide bonds. The number of sulfonamides is 3. The fourth-order valence-corrected chi connectivity index (χ4v) is 20.5. The maximum absolute atomic E-state index is 14.1. The number of benzene rings is 6. The molecule has 0 N–H and O–H groups in total. The van der Waals surface area contributed by atoms with Gasteiger partial charge in [-0.15, -0.1) is 17.9 Å². The lowest BCUT2D eigenvalue weighted by Crippen LogP contribution is -2.47. The first kappa shape index (κ1) is 81.0. The average molecular weight is 1640 g/mol. The second kappa shape index (κ2) is 33.4. The van der Waals surface area contributed by atoms with Crippen molar-refractivity contribution in [2.45, 2.75) is 134 Å². The van der Waals surface area contributed by atoms with Crippen molar-refractivity contribution in [3.05, 3.63) is 173 Å². The first-order valence-electron chi connectivity index (χ1n) is 37.1. The summed E-state index contributed by atoms with van der Waals surface area (Å²) in [5, 5.41) is 8.29. The highest BCUT2D eigenvalue weighted by atomic mass is 32.2. The summed E-state index contributed by atoms with van der Waals surface area (Å²) in [6.45, 7) is 4.88. The lowest BCUT2D eigenvalue weighted by atomic mass is 10.1. The summed E-state index contributed by atoms with van der Waals surface area (Å²) in [6.07, 6.45) is 18.6. The van der Waals surface area contributed by atoms with E-state index in [2.05, 4.69) is 22.2 Å². The van der Waals surface area contributed by atoms with Crippen LogP contribution in [0.3, 0.4) is 0 Å². The standard InChI is InChI=1S/C28H31F2N5O6S.2C25H24F2N2O6S/c1-2-10-33-16-20(31-32-33)17-34-25-8-7-22(15-23(25)28(27(34)36)40-12-4-13-41-28)42(37,38)35-11-3-5-21(35)18-39-26-9-6-19(29)14-24(26)30;2*1-2-10-28-22-8-7-19(15-20(22)25(24(28)30)34-12-4-13-35-25)36(31,32)29-11-3-5-18(29)16-33-23-9-6-17(26)14-21(23)27/h6-9,14-16,21H,2-5,10-13,17-18H2,1H3;2*1,6-9,14-15,18H,3-5,10-13,16H2/t21-;2*18-/m000/s1. The molecule has 0 unspecified atom stereocenters. The van der Waals surface area contributed by atoms with E-state index in [1.807, 2.05) is 6.92 Å². The fraction of sp³-hybridized carbons (Fsp3) is 0.423. The van der Waals surface area contributed by atoms with Crippen LogP contribution in [0.2, 0.25) is 0 Å². The number of amides is 3. The summed E-state index contributed by atoms with van der Waals surface area (Å²) < 4.78 is 221. The number of rotatable bonds is 21. The molecule has 0 bridgehead atoms. The lowest BCUT2D eigenvalue weighted by Gasteiger charge is -2.32. The van der Waals surface area contributed by atoms with Crippen LogP contribution in [0.25, 0.3) is 0 Å². The molecule has 6 saturated heterocycles. The molecule has 36 heteroatoms. The predicted octanol–water partition coefficient (Wildman–Crippen LogP) is 8.87. The number of anilines is 3. The second-order valence-corrected chi connectivity index (χ2v) is 33.7. The average Bonchev–Trinajstić information content (AvgIpc) is 1.58. The number of halogens is 6. The topological polar surface area (TPSA) is 287 Å². The van der Waals surface area contributed by atoms with Gasteiger partial charge in [0.05, 0.1) is 115 Å². The molecule has 3 atom stereocenters. The minimum Gasteiger partial charge on any atom is -0.489 e. The Morgan fingerprint density at radius 2 is 0.781 bits per heavy atom. The molecule has 604 valence electrons. The van der Waals surface area contributed by atoms with Gasteiger partial charge < -0.3 is 47.5 Å². The van der Waals surface area contributed by atoms with Gasteiger partial charge in [-0.2, -0.15) is 12.9 Å². The lowest BCUT2D eigenvalue weighted by molar-refractivity contribution is -0.256. The maximum atomic E-state index is 14.1. The highest BCUT2D eigenvalue weighted by Crippen LogP contribution is 2.50. The molecule has 0 aliphatic carbocycles. The van der Waals surface area contributed by atoms with Gasteiger partial charge in [0.1, 0.15) is 43.0 Å². The molecule has 114 heavy (non-hydrogen) atoms. The second-order valence-electron chi connectivity index (χ2n) is 28.0. The third-order valence-electron chi connectivity index (χ3n) is 20.7. The number of nitrogens with zero attached hydrogens (tertiary/aromatic N) is 9. The molecule has 16 rings (SSSR count). The van der Waals surface area contributed by atoms with E-state index in [1.54, 1.807) is 16.9 Å². The Balaban J connectivity index is 0.000000142. The van der Waals surface area contributed by atoms with Gasteiger partial charge in [-0.05, 0) is 155 Å². The molecule has 1 aromatic heterocycles. The summed E-state index contributed by atoms with van der Waals surface area (Å²) in [5.41, 5.74) is 2.82. The van der Waals surface area contributed by atoms with Crippen LogP contribution < -0.4 is 28.9 Å². The SMILES string of the molecule is C#CCN1C(=O)C2(OCCCO2)c2cc(S(=O)(=O)N3CCC[C@H]3COc3ccc(F)cc3F)ccc21.C#CCN1C(=O)C2(OCCCO2)c2cc(S(=O)(=O)N3CCC[C@H]3COc3ccc(F)cc3F)ccc21.CCCn1cc(CN2C(=O)C3(OCCCO3)c3cc(S(=O)(=O)N4CCC[C@H]4COc4ccc(F)cc4F)ccc32)nn1. The zero-order chi connectivity index (χ0) is 80.5. The summed E-state index contributed by atoms with van der Waals surface area (Å²) >= 11 is 0. The number of carbonyl (C=O) groups is 3. The molecule has 0 radical (unpaired) electrons. The fourth-order valence-electron chi connectivity index (χ4n) is 15.3. The molecule has 6 fully saturated rings. The van der Waals surface area contributed by atoms with Crippen molar-refractivity contribution in [3.63, 3.8) is 0 Å². The number of fused-ring (bicyclic) bond motifs is 6. The molecule has 10 heterocycles. The minimum atomic E-state index is -4.05. The molecule has 9 aliphatic rings. The number of terminal acetylenes is 2. The van der Waals surface area contributed by atoms with Crippen LogP contribution in [-0.2, 0) is 103 Å². The van der Waals surface area contributed by atoms with Gasteiger partial charge in [0.25, 0.3) is 35.1 Å². The van der Waals surface area contributed by atoms with Crippen molar-refractivity contribution >= 4 is 64.9 Å². The summed E-state index contributed by atoms with van der Waals surface area (Å²) in [4.78, 5) is 44.3. The third-order valence-corrected chi connectivity index (χ3v) is 26.6. The minimum absolute atomic E-state index is 0.0160. The van der Waals surface area contributed by atoms with Crippen LogP contribution in [0, 0.1) is 59.6 Å². The van der Waals surface area contributed by atoms with Crippen molar-refractivity contribution < 1.29 is 109 Å². The van der Waals surface area contributed by atoms with Crippen molar-refractivity contribution in [2.75, 3.05) is 107 Å². The van der Waals surface area contributed by atoms with E-state index in [0.717, 1.165) is 24.6 Å². The first-order chi connectivity index (χ1) is 54.8. The smallest absolute Gasteiger partial charge is 0.293 e. The Labute approximate surface area is 653 Å². The normalized spacial score (nSPS) is 21.1. The van der Waals surface area contributed by atoms with Crippen molar-refractivity contribution in [1.29, 1.82) is 0 Å². The van der Waals surface area contributed by atoms with Crippen molar-refractivity contribution in [1.82, 2.24) is 27.9 Å². The molecular weight excluding hydrogens is 1560 g/mol. The van der Waals surface area contributed by atoms with Gasteiger partial charge in [0.2, 0.25) is 30.1 Å². The third kappa shape index (κ3) is 15.4. The predicted molar refractivity (Wildman–Crippen MR) is 394 cm³/mol. The molecule has 0 saturated carbocycles. The number of hydrogen-bond acceptors (Lipinski definition) is 20. The molecule has 3 spiro atoms. The van der Waals surface area contributed by atoms with E-state index in [-0.39, 0.29) is 131 Å². The van der Waals surface area contributed by atoms with E-state index in [0.29, 0.717) is 122 Å². The van der Waals surface area contributed by atoms with Crippen LogP contribution in [0.1, 0.15) is 93.5 Å². The Morgan fingerprint density at radius 3 is 1.10 bits per heavy atom. The van der Waals surface area contributed by atoms with E-state index in [4.69, 9.17) is 55.5 Å². The Hall–Kier alpha value is -9.54. The molecular formula is C78H79F6N9O18S3. The van der Waals surface area contributed by atoms with Crippen LogP contribution in [0.5, 0.6) is 17.2 Å². The zero-order valence-corrected chi connectivity index (χ0v) is 64.1. The first-order valence-corrected chi connectivity index (χ1v) is 41.4. The maximum Gasteiger partial charge on any atom is 0.293 e. The quantitative estimate of drug-likeness (QED) is 0.0479. The van der Waals surface area contributed by atoms with E-state index in [9.17, 15) is 66.0 Å². The Morgan fingerprint density at radius 1 is 0.456 bits per heavy atom. The summed E-state index contributed by atoms with van der Waals surface area (Å²) in [5.74, 6) is -7.01. The summed E-state index contributed by atoms with van der Waals surface area (Å²) in [7, 11) is -12.1. The van der Waals surface area contributed by atoms with Crippen LogP contribution in [0.4, 0.5) is 43.4 Å². The number of carbonyl (C=O) groups excluding carboxylic acids is 3. The van der Waals surface area contributed by atoms with Crippen LogP contribution in [0.15, 0.2) is 130 Å². The highest BCUT2D eigenvalue weighted by molar-refractivity contribution is 7.89. The van der Waals surface area contributed by atoms with Gasteiger partial charge in [-0.25, -0.2) is 51.6 Å². The number of aryl methyl sites for hydroxylation is 1. The van der Waals surface area contributed by atoms with Crippen LogP contribution >= 0.6 is 0 Å². The number of ether oxygens (including phenoxy) is 9. The van der Waals surface area contributed by atoms with E-state index < -0.39 is 118 Å². The Bertz CT molecular complexity index is 5080. The monoisotopic (exact) mass is 1640 g/mol. The molecule has 6 aromatic carbocycles. The van der Waals surface area contributed by atoms with Crippen LogP contribution in [-0.4, -0.2) is 181 Å². The zero-order valence-electron chi connectivity index (χ0n) is 61.6. The Kier molecular flexibility index (Phi) is 23.7. The van der Waals surface area contributed by atoms with Gasteiger partial charge in [-0.3, -0.25) is 28.9 Å². The van der Waals surface area contributed by atoms with Gasteiger partial charge >= 0.3 is 0 Å². The van der Waals surface area contributed by atoms with Gasteiger partial charge in [0, 0.05) is 61.1 Å². The largest absolute Gasteiger partial charge is 0.489 e. The number of hydrogen-bond donors (Lipinski definition) is 0. The van der Waals surface area contributed by atoms with Gasteiger partial charge in [-0.1, -0.05) is 24.0 Å².